The molecule has 0 radical (unpaired) electrons. The van der Waals surface area contributed by atoms with Gasteiger partial charge in [0.05, 0.1) is 12.3 Å². The summed E-state index contributed by atoms with van der Waals surface area (Å²) in [5, 5.41) is 3.78. The maximum atomic E-state index is 6.06. The molecule has 2 aromatic rings. The maximum absolute atomic E-state index is 6.06. The maximum Gasteiger partial charge on any atom is 0.152 e. The lowest BCUT2D eigenvalue weighted by Crippen LogP contribution is -2.04. The van der Waals surface area contributed by atoms with Gasteiger partial charge in [0.25, 0.3) is 0 Å². The molecule has 0 aliphatic rings. The summed E-state index contributed by atoms with van der Waals surface area (Å²) in [6.45, 7) is 5.28. The molecule has 4 heteroatoms. The van der Waals surface area contributed by atoms with Gasteiger partial charge in [-0.15, -0.1) is 0 Å². The first-order chi connectivity index (χ1) is 9.20. The van der Waals surface area contributed by atoms with Crippen molar-refractivity contribution in [3.05, 3.63) is 52.8 Å². The highest BCUT2D eigenvalue weighted by molar-refractivity contribution is 6.31. The summed E-state index contributed by atoms with van der Waals surface area (Å²) in [6, 6.07) is 9.95. The SMILES string of the molecule is CCOc1ccccc1CNc1cc(C)cnc1Cl. The van der Waals surface area contributed by atoms with Gasteiger partial charge >= 0.3 is 0 Å². The molecule has 0 spiro atoms. The Morgan fingerprint density at radius 1 is 1.32 bits per heavy atom. The molecule has 100 valence electrons. The van der Waals surface area contributed by atoms with Crippen LogP contribution in [-0.4, -0.2) is 11.6 Å². The predicted molar refractivity (Wildman–Crippen MR) is 78.9 cm³/mol. The van der Waals surface area contributed by atoms with E-state index >= 15 is 0 Å². The van der Waals surface area contributed by atoms with Crippen molar-refractivity contribution in [3.8, 4) is 5.75 Å². The number of pyridine rings is 1. The van der Waals surface area contributed by atoms with Crippen molar-refractivity contribution in [2.45, 2.75) is 20.4 Å². The molecule has 0 unspecified atom stereocenters. The molecule has 0 bridgehead atoms. The van der Waals surface area contributed by atoms with E-state index in [4.69, 9.17) is 16.3 Å². The Kier molecular flexibility index (Phi) is 4.63. The summed E-state index contributed by atoms with van der Waals surface area (Å²) in [4.78, 5) is 4.12. The minimum Gasteiger partial charge on any atom is -0.494 e. The highest BCUT2D eigenvalue weighted by Gasteiger charge is 2.05. The zero-order chi connectivity index (χ0) is 13.7. The number of anilines is 1. The van der Waals surface area contributed by atoms with E-state index in [1.54, 1.807) is 6.20 Å². The third-order valence-electron chi connectivity index (χ3n) is 2.72. The topological polar surface area (TPSA) is 34.1 Å². The number of aryl methyl sites for hydroxylation is 1. The van der Waals surface area contributed by atoms with Gasteiger partial charge in [-0.3, -0.25) is 0 Å². The smallest absolute Gasteiger partial charge is 0.152 e. The number of halogens is 1. The molecule has 0 fully saturated rings. The Morgan fingerprint density at radius 2 is 2.11 bits per heavy atom. The van der Waals surface area contributed by atoms with E-state index in [2.05, 4.69) is 10.3 Å². The molecule has 1 heterocycles. The van der Waals surface area contributed by atoms with Crippen molar-refractivity contribution in [1.82, 2.24) is 4.98 Å². The fourth-order valence-electron chi connectivity index (χ4n) is 1.81. The zero-order valence-corrected chi connectivity index (χ0v) is 11.9. The number of aromatic nitrogens is 1. The average molecular weight is 277 g/mol. The summed E-state index contributed by atoms with van der Waals surface area (Å²) in [7, 11) is 0. The van der Waals surface area contributed by atoms with Crippen LogP contribution in [0.15, 0.2) is 36.5 Å². The molecule has 0 atom stereocenters. The Bertz CT molecular complexity index is 558. The largest absolute Gasteiger partial charge is 0.494 e. The minimum atomic E-state index is 0.486. The van der Waals surface area contributed by atoms with Gasteiger partial charge < -0.3 is 10.1 Å². The monoisotopic (exact) mass is 276 g/mol. The van der Waals surface area contributed by atoms with E-state index in [9.17, 15) is 0 Å². The van der Waals surface area contributed by atoms with Crippen molar-refractivity contribution in [2.75, 3.05) is 11.9 Å². The van der Waals surface area contributed by atoms with Gasteiger partial charge in [-0.1, -0.05) is 29.8 Å². The highest BCUT2D eigenvalue weighted by Crippen LogP contribution is 2.23. The van der Waals surface area contributed by atoms with Gasteiger partial charge in [0.15, 0.2) is 5.15 Å². The minimum absolute atomic E-state index is 0.486. The molecule has 2 rings (SSSR count). The highest BCUT2D eigenvalue weighted by atomic mass is 35.5. The van der Waals surface area contributed by atoms with Crippen molar-refractivity contribution in [2.24, 2.45) is 0 Å². The lowest BCUT2D eigenvalue weighted by molar-refractivity contribution is 0.337. The Hall–Kier alpha value is -1.74. The van der Waals surface area contributed by atoms with Gasteiger partial charge in [-0.2, -0.15) is 0 Å². The molecule has 3 nitrogen and oxygen atoms in total. The molecule has 0 saturated carbocycles. The van der Waals surface area contributed by atoms with Gasteiger partial charge in [0.1, 0.15) is 5.75 Å². The molecule has 0 saturated heterocycles. The summed E-state index contributed by atoms with van der Waals surface area (Å²) in [5.74, 6) is 0.897. The van der Waals surface area contributed by atoms with E-state index in [-0.39, 0.29) is 0 Å². The van der Waals surface area contributed by atoms with E-state index in [1.165, 1.54) is 0 Å². The molecule has 1 aromatic carbocycles. The quantitative estimate of drug-likeness (QED) is 0.837. The Balaban J connectivity index is 2.12. The molecular weight excluding hydrogens is 260 g/mol. The van der Waals surface area contributed by atoms with Gasteiger partial charge in [0.2, 0.25) is 0 Å². The molecule has 1 N–H and O–H groups in total. The molecule has 19 heavy (non-hydrogen) atoms. The third kappa shape index (κ3) is 3.61. The van der Waals surface area contributed by atoms with Gasteiger partial charge in [0, 0.05) is 18.3 Å². The summed E-state index contributed by atoms with van der Waals surface area (Å²) in [6.07, 6.45) is 1.75. The first-order valence-electron chi connectivity index (χ1n) is 6.27. The summed E-state index contributed by atoms with van der Waals surface area (Å²) < 4.78 is 5.59. The van der Waals surface area contributed by atoms with E-state index in [0.717, 1.165) is 22.6 Å². The normalized spacial score (nSPS) is 10.3. The second-order valence-corrected chi connectivity index (χ2v) is 4.60. The number of benzene rings is 1. The van der Waals surface area contributed by atoms with Crippen molar-refractivity contribution in [1.29, 1.82) is 0 Å². The lowest BCUT2D eigenvalue weighted by Gasteiger charge is -2.12. The number of nitrogens with one attached hydrogen (secondary N) is 1. The van der Waals surface area contributed by atoms with Crippen LogP contribution in [0.25, 0.3) is 0 Å². The average Bonchev–Trinajstić information content (AvgIpc) is 2.42. The van der Waals surface area contributed by atoms with Crippen LogP contribution in [0.4, 0.5) is 5.69 Å². The lowest BCUT2D eigenvalue weighted by atomic mass is 10.2. The van der Waals surface area contributed by atoms with E-state index < -0.39 is 0 Å². The number of para-hydroxylation sites is 1. The van der Waals surface area contributed by atoms with Crippen LogP contribution < -0.4 is 10.1 Å². The van der Waals surface area contributed by atoms with Crippen molar-refractivity contribution < 1.29 is 4.74 Å². The first kappa shape index (κ1) is 13.7. The number of ether oxygens (including phenoxy) is 1. The van der Waals surface area contributed by atoms with Gasteiger partial charge in [-0.25, -0.2) is 4.98 Å². The molecule has 0 aliphatic heterocycles. The van der Waals surface area contributed by atoms with Crippen LogP contribution in [0.2, 0.25) is 5.15 Å². The van der Waals surface area contributed by atoms with Crippen LogP contribution in [0.3, 0.4) is 0 Å². The standard InChI is InChI=1S/C15H17ClN2O/c1-3-19-14-7-5-4-6-12(14)10-17-13-8-11(2)9-18-15(13)16/h4-9,17H,3,10H2,1-2H3. The third-order valence-corrected chi connectivity index (χ3v) is 3.02. The molecule has 1 aromatic heterocycles. The Labute approximate surface area is 118 Å². The van der Waals surface area contributed by atoms with Crippen molar-refractivity contribution in [3.63, 3.8) is 0 Å². The van der Waals surface area contributed by atoms with Crippen molar-refractivity contribution >= 4 is 17.3 Å². The number of rotatable bonds is 5. The zero-order valence-electron chi connectivity index (χ0n) is 11.1. The van der Waals surface area contributed by atoms with Crippen LogP contribution >= 0.6 is 11.6 Å². The Morgan fingerprint density at radius 3 is 2.89 bits per heavy atom. The van der Waals surface area contributed by atoms with E-state index in [1.807, 2.05) is 44.2 Å². The predicted octanol–water partition coefficient (Wildman–Crippen LogP) is 4.05. The van der Waals surface area contributed by atoms with Crippen LogP contribution in [0.1, 0.15) is 18.1 Å². The first-order valence-corrected chi connectivity index (χ1v) is 6.65. The van der Waals surface area contributed by atoms with Gasteiger partial charge in [-0.05, 0) is 31.5 Å². The molecular formula is C15H17ClN2O. The van der Waals surface area contributed by atoms with E-state index in [0.29, 0.717) is 18.3 Å². The second-order valence-electron chi connectivity index (χ2n) is 4.25. The molecule has 0 aliphatic carbocycles. The van der Waals surface area contributed by atoms with Crippen LogP contribution in [0.5, 0.6) is 5.75 Å². The number of hydrogen-bond donors (Lipinski definition) is 1. The number of nitrogens with zero attached hydrogens (tertiary/aromatic N) is 1. The fraction of sp³-hybridized carbons (Fsp3) is 0.267. The molecule has 0 amide bonds. The van der Waals surface area contributed by atoms with Crippen LogP contribution in [0, 0.1) is 6.92 Å². The number of hydrogen-bond acceptors (Lipinski definition) is 3. The second kappa shape index (κ2) is 6.43. The summed E-state index contributed by atoms with van der Waals surface area (Å²) in [5.41, 5.74) is 3.01. The van der Waals surface area contributed by atoms with Crippen LogP contribution in [-0.2, 0) is 6.54 Å². The summed E-state index contributed by atoms with van der Waals surface area (Å²) >= 11 is 6.06. The fourth-order valence-corrected chi connectivity index (χ4v) is 1.98.